The Bertz CT molecular complexity index is 635. The number of amides is 1. The molecule has 1 N–H and O–H groups in total. The van der Waals surface area contributed by atoms with Crippen molar-refractivity contribution in [1.29, 1.82) is 0 Å². The second-order valence-corrected chi connectivity index (χ2v) is 7.15. The van der Waals surface area contributed by atoms with E-state index in [0.717, 1.165) is 35.7 Å². The van der Waals surface area contributed by atoms with Gasteiger partial charge in [-0.3, -0.25) is 4.79 Å². The van der Waals surface area contributed by atoms with Crippen molar-refractivity contribution < 1.29 is 4.79 Å². The van der Waals surface area contributed by atoms with Gasteiger partial charge in [0.25, 0.3) is 0 Å². The number of aromatic nitrogens is 1. The fraction of sp³-hybridized carbons (Fsp3) is 0.474. The summed E-state index contributed by atoms with van der Waals surface area (Å²) in [5.74, 6) is 0.0704. The van der Waals surface area contributed by atoms with E-state index in [2.05, 4.69) is 15.2 Å². The molecule has 2 heterocycles. The molecule has 0 aliphatic carbocycles. The number of unbranched alkanes of at least 4 members (excludes halogenated alkanes) is 1. The number of carbonyl (C=O) groups excluding carboxylic acids is 1. The minimum Gasteiger partial charge on any atom is -0.356 e. The molecule has 4 nitrogen and oxygen atoms in total. The molecule has 1 fully saturated rings. The lowest BCUT2D eigenvalue weighted by molar-refractivity contribution is -0.120. The summed E-state index contributed by atoms with van der Waals surface area (Å²) in [6, 6.07) is 10.1. The minimum atomic E-state index is 0.0704. The molecule has 1 aromatic heterocycles. The molecule has 5 heteroatoms. The summed E-state index contributed by atoms with van der Waals surface area (Å²) in [4.78, 5) is 19.1. The van der Waals surface area contributed by atoms with Gasteiger partial charge in [-0.25, -0.2) is 4.98 Å². The molecule has 24 heavy (non-hydrogen) atoms. The Labute approximate surface area is 147 Å². The fourth-order valence-electron chi connectivity index (χ4n) is 3.02. The van der Waals surface area contributed by atoms with Crippen LogP contribution in [0.4, 0.5) is 0 Å². The molecule has 128 valence electrons. The summed E-state index contributed by atoms with van der Waals surface area (Å²) >= 11 is 1.59. The number of hydrogen-bond donors (Lipinski definition) is 1. The first-order chi connectivity index (χ1) is 11.8. The van der Waals surface area contributed by atoms with E-state index < -0.39 is 0 Å². The van der Waals surface area contributed by atoms with E-state index in [0.29, 0.717) is 6.42 Å². The van der Waals surface area contributed by atoms with Crippen molar-refractivity contribution >= 4 is 17.2 Å². The third-order valence-corrected chi connectivity index (χ3v) is 5.28. The average Bonchev–Trinajstić information content (AvgIpc) is 3.27. The number of nitrogens with one attached hydrogen (secondary N) is 1. The molecule has 1 aliphatic rings. The smallest absolute Gasteiger partial charge is 0.226 e. The van der Waals surface area contributed by atoms with Gasteiger partial charge in [0, 0.05) is 17.5 Å². The molecular formula is C19H25N3OS. The van der Waals surface area contributed by atoms with Gasteiger partial charge in [-0.1, -0.05) is 30.3 Å². The predicted octanol–water partition coefficient (Wildman–Crippen LogP) is 3.34. The molecule has 0 spiro atoms. The van der Waals surface area contributed by atoms with Gasteiger partial charge in [0.15, 0.2) is 0 Å². The summed E-state index contributed by atoms with van der Waals surface area (Å²) in [6.45, 7) is 4.44. The highest BCUT2D eigenvalue weighted by atomic mass is 32.1. The van der Waals surface area contributed by atoms with Gasteiger partial charge in [-0.2, -0.15) is 0 Å². The van der Waals surface area contributed by atoms with E-state index in [1.807, 2.05) is 35.7 Å². The van der Waals surface area contributed by atoms with Crippen molar-refractivity contribution in [2.45, 2.75) is 32.1 Å². The summed E-state index contributed by atoms with van der Waals surface area (Å²) in [5.41, 5.74) is 1.96. The molecule has 0 bridgehead atoms. The van der Waals surface area contributed by atoms with Crippen LogP contribution >= 0.6 is 11.3 Å². The molecule has 1 aromatic carbocycles. The molecule has 3 rings (SSSR count). The monoisotopic (exact) mass is 343 g/mol. The minimum absolute atomic E-state index is 0.0704. The lowest BCUT2D eigenvalue weighted by Gasteiger charge is -2.13. The van der Waals surface area contributed by atoms with Gasteiger partial charge in [-0.15, -0.1) is 11.3 Å². The van der Waals surface area contributed by atoms with E-state index in [4.69, 9.17) is 0 Å². The van der Waals surface area contributed by atoms with Gasteiger partial charge in [-0.05, 0) is 45.3 Å². The number of nitrogens with zero attached hydrogens (tertiary/aromatic N) is 2. The van der Waals surface area contributed by atoms with Crippen molar-refractivity contribution in [3.8, 4) is 10.6 Å². The van der Waals surface area contributed by atoms with Crippen LogP contribution in [-0.4, -0.2) is 42.0 Å². The van der Waals surface area contributed by atoms with Gasteiger partial charge < -0.3 is 10.2 Å². The van der Waals surface area contributed by atoms with E-state index in [-0.39, 0.29) is 5.91 Å². The van der Waals surface area contributed by atoms with Crippen LogP contribution in [0.25, 0.3) is 10.6 Å². The Balaban J connectivity index is 1.35. The van der Waals surface area contributed by atoms with Crippen molar-refractivity contribution in [3.05, 3.63) is 41.4 Å². The van der Waals surface area contributed by atoms with E-state index >= 15 is 0 Å². The van der Waals surface area contributed by atoms with E-state index in [1.165, 1.54) is 32.5 Å². The zero-order chi connectivity index (χ0) is 16.6. The third kappa shape index (κ3) is 5.14. The maximum Gasteiger partial charge on any atom is 0.226 e. The van der Waals surface area contributed by atoms with Crippen LogP contribution in [-0.2, 0) is 11.2 Å². The van der Waals surface area contributed by atoms with Gasteiger partial charge in [0.2, 0.25) is 5.91 Å². The third-order valence-electron chi connectivity index (χ3n) is 4.34. The van der Waals surface area contributed by atoms with E-state index in [1.54, 1.807) is 11.3 Å². The standard InChI is InChI=1S/C19H25N3OS/c23-18(20-10-4-5-11-22-12-6-7-13-22)14-17-15-24-19(21-17)16-8-2-1-3-9-16/h1-3,8-9,15H,4-7,10-14H2,(H,20,23). The molecule has 0 atom stereocenters. The van der Waals surface area contributed by atoms with Gasteiger partial charge in [0.05, 0.1) is 12.1 Å². The Hall–Kier alpha value is -1.72. The summed E-state index contributed by atoms with van der Waals surface area (Å²) < 4.78 is 0. The first-order valence-electron chi connectivity index (χ1n) is 8.80. The van der Waals surface area contributed by atoms with Gasteiger partial charge >= 0.3 is 0 Å². The van der Waals surface area contributed by atoms with Crippen LogP contribution in [0.2, 0.25) is 0 Å². The van der Waals surface area contributed by atoms with Gasteiger partial charge in [0.1, 0.15) is 5.01 Å². The highest BCUT2D eigenvalue weighted by molar-refractivity contribution is 7.13. The summed E-state index contributed by atoms with van der Waals surface area (Å²) in [5, 5.41) is 5.97. The Morgan fingerprint density at radius 1 is 1.17 bits per heavy atom. The molecule has 1 amide bonds. The van der Waals surface area contributed by atoms with E-state index in [9.17, 15) is 4.79 Å². The highest BCUT2D eigenvalue weighted by Gasteiger charge is 2.11. The Morgan fingerprint density at radius 2 is 1.96 bits per heavy atom. The van der Waals surface area contributed by atoms with Crippen LogP contribution in [0.5, 0.6) is 0 Å². The van der Waals surface area contributed by atoms with Crippen LogP contribution < -0.4 is 5.32 Å². The topological polar surface area (TPSA) is 45.2 Å². The largest absolute Gasteiger partial charge is 0.356 e. The zero-order valence-electron chi connectivity index (χ0n) is 14.0. The summed E-state index contributed by atoms with van der Waals surface area (Å²) in [6.07, 6.45) is 5.27. The van der Waals surface area contributed by atoms with Crippen molar-refractivity contribution in [2.75, 3.05) is 26.2 Å². The van der Waals surface area contributed by atoms with Crippen LogP contribution in [0.3, 0.4) is 0 Å². The second-order valence-electron chi connectivity index (χ2n) is 6.29. The number of carbonyl (C=O) groups is 1. The maximum atomic E-state index is 12.0. The number of hydrogen-bond acceptors (Lipinski definition) is 4. The zero-order valence-corrected chi connectivity index (χ0v) is 14.9. The molecule has 0 saturated carbocycles. The molecular weight excluding hydrogens is 318 g/mol. The SMILES string of the molecule is O=C(Cc1csc(-c2ccccc2)n1)NCCCCN1CCCC1. The fourth-order valence-corrected chi connectivity index (χ4v) is 3.85. The number of thiazole rings is 1. The first kappa shape index (κ1) is 17.1. The molecule has 1 saturated heterocycles. The number of rotatable bonds is 8. The Morgan fingerprint density at radius 3 is 2.75 bits per heavy atom. The predicted molar refractivity (Wildman–Crippen MR) is 99.2 cm³/mol. The lowest BCUT2D eigenvalue weighted by atomic mass is 10.2. The lowest BCUT2D eigenvalue weighted by Crippen LogP contribution is -2.27. The highest BCUT2D eigenvalue weighted by Crippen LogP contribution is 2.23. The summed E-state index contributed by atoms with van der Waals surface area (Å²) in [7, 11) is 0. The molecule has 1 aliphatic heterocycles. The number of likely N-dealkylation sites (tertiary alicyclic amines) is 1. The van der Waals surface area contributed by atoms with Crippen LogP contribution in [0.1, 0.15) is 31.4 Å². The molecule has 0 unspecified atom stereocenters. The molecule has 2 aromatic rings. The van der Waals surface area contributed by atoms with Crippen molar-refractivity contribution in [3.63, 3.8) is 0 Å². The van der Waals surface area contributed by atoms with Crippen LogP contribution in [0, 0.1) is 0 Å². The van der Waals surface area contributed by atoms with Crippen LogP contribution in [0.15, 0.2) is 35.7 Å². The average molecular weight is 343 g/mol. The Kier molecular flexibility index (Phi) is 6.38. The number of benzene rings is 1. The van der Waals surface area contributed by atoms with Crippen molar-refractivity contribution in [2.24, 2.45) is 0 Å². The maximum absolute atomic E-state index is 12.0. The second kappa shape index (κ2) is 8.94. The van der Waals surface area contributed by atoms with Crippen molar-refractivity contribution in [1.82, 2.24) is 15.2 Å². The molecule has 0 radical (unpaired) electrons. The first-order valence-corrected chi connectivity index (χ1v) is 9.68. The normalized spacial score (nSPS) is 14.8. The quantitative estimate of drug-likeness (QED) is 0.748.